The maximum absolute atomic E-state index is 4.53. The molecule has 1 aromatic heterocycles. The fraction of sp³-hybridized carbons (Fsp3) is 0.786. The van der Waals surface area contributed by atoms with Crippen LogP contribution in [-0.4, -0.2) is 51.8 Å². The van der Waals surface area contributed by atoms with Crippen LogP contribution in [0, 0.1) is 6.92 Å². The molecule has 2 aliphatic rings. The summed E-state index contributed by atoms with van der Waals surface area (Å²) in [6.07, 6.45) is 2.76. The van der Waals surface area contributed by atoms with Crippen LogP contribution >= 0.6 is 0 Å². The Labute approximate surface area is 110 Å². The maximum atomic E-state index is 4.53. The molecule has 4 nitrogen and oxygen atoms in total. The van der Waals surface area contributed by atoms with Gasteiger partial charge in [-0.1, -0.05) is 6.92 Å². The van der Waals surface area contributed by atoms with Gasteiger partial charge in [-0.25, -0.2) is 0 Å². The average molecular weight is 248 g/mol. The number of rotatable bonds is 3. The van der Waals surface area contributed by atoms with Gasteiger partial charge in [-0.3, -0.25) is 14.5 Å². The third kappa shape index (κ3) is 2.31. The minimum atomic E-state index is 0.783. The summed E-state index contributed by atoms with van der Waals surface area (Å²) in [4.78, 5) is 5.24. The van der Waals surface area contributed by atoms with Gasteiger partial charge >= 0.3 is 0 Å². The molecule has 0 aliphatic carbocycles. The molecular weight excluding hydrogens is 224 g/mol. The van der Waals surface area contributed by atoms with Crippen molar-refractivity contribution in [2.24, 2.45) is 0 Å². The van der Waals surface area contributed by atoms with Gasteiger partial charge in [-0.2, -0.15) is 5.10 Å². The highest BCUT2D eigenvalue weighted by atomic mass is 15.3. The molecule has 100 valence electrons. The molecule has 0 spiro atoms. The molecule has 0 unspecified atom stereocenters. The average Bonchev–Trinajstić information content (AvgIpc) is 2.93. The van der Waals surface area contributed by atoms with Crippen LogP contribution in [0.4, 0.5) is 0 Å². The molecule has 1 fully saturated rings. The standard InChI is InChI=1S/C14H24N4/c1-3-17-6-4-5-13(17)10-16-7-8-18-14(11-16)9-12(2)15-18/h9,13H,3-8,10-11H2,1-2H3/t13-/m1/s1. The summed E-state index contributed by atoms with van der Waals surface area (Å²) in [6.45, 7) is 11.4. The van der Waals surface area contributed by atoms with Crippen LogP contribution in [0.3, 0.4) is 0 Å². The van der Waals surface area contributed by atoms with Crippen LogP contribution in [0.5, 0.6) is 0 Å². The van der Waals surface area contributed by atoms with Crippen molar-refractivity contribution in [1.29, 1.82) is 0 Å². The quantitative estimate of drug-likeness (QED) is 0.810. The second kappa shape index (κ2) is 5.02. The minimum Gasteiger partial charge on any atom is -0.299 e. The Hall–Kier alpha value is -0.870. The van der Waals surface area contributed by atoms with Gasteiger partial charge in [0.15, 0.2) is 0 Å². The third-order valence-corrected chi connectivity index (χ3v) is 4.37. The summed E-state index contributed by atoms with van der Waals surface area (Å²) in [5.74, 6) is 0. The zero-order valence-corrected chi connectivity index (χ0v) is 11.6. The number of aromatic nitrogens is 2. The van der Waals surface area contributed by atoms with Gasteiger partial charge in [0.1, 0.15) is 0 Å². The largest absolute Gasteiger partial charge is 0.299 e. The minimum absolute atomic E-state index is 0.783. The van der Waals surface area contributed by atoms with Gasteiger partial charge in [0, 0.05) is 25.7 Å². The van der Waals surface area contributed by atoms with Crippen molar-refractivity contribution in [1.82, 2.24) is 19.6 Å². The molecule has 1 saturated heterocycles. The lowest BCUT2D eigenvalue weighted by Crippen LogP contribution is -2.43. The Morgan fingerprint density at radius 1 is 1.33 bits per heavy atom. The van der Waals surface area contributed by atoms with Gasteiger partial charge in [-0.15, -0.1) is 0 Å². The van der Waals surface area contributed by atoms with E-state index in [1.54, 1.807) is 0 Å². The number of nitrogens with zero attached hydrogens (tertiary/aromatic N) is 4. The van der Waals surface area contributed by atoms with Crippen molar-refractivity contribution < 1.29 is 0 Å². The summed E-state index contributed by atoms with van der Waals surface area (Å²) in [7, 11) is 0. The van der Waals surface area contributed by atoms with Crippen LogP contribution in [0.25, 0.3) is 0 Å². The lowest BCUT2D eigenvalue weighted by molar-refractivity contribution is 0.148. The van der Waals surface area contributed by atoms with Crippen LogP contribution in [-0.2, 0) is 13.1 Å². The van der Waals surface area contributed by atoms with E-state index in [-0.39, 0.29) is 0 Å². The molecular formula is C14H24N4. The van der Waals surface area contributed by atoms with Crippen molar-refractivity contribution in [2.45, 2.75) is 45.8 Å². The zero-order chi connectivity index (χ0) is 12.5. The predicted molar refractivity (Wildman–Crippen MR) is 72.5 cm³/mol. The van der Waals surface area contributed by atoms with Gasteiger partial charge in [0.05, 0.1) is 17.9 Å². The molecule has 2 aliphatic heterocycles. The van der Waals surface area contributed by atoms with Crippen molar-refractivity contribution in [3.8, 4) is 0 Å². The SMILES string of the molecule is CCN1CCC[C@@H]1CN1CCn2nc(C)cc2C1. The molecule has 3 rings (SSSR count). The van der Waals surface area contributed by atoms with E-state index < -0.39 is 0 Å². The van der Waals surface area contributed by atoms with Crippen LogP contribution in [0.15, 0.2) is 6.07 Å². The highest BCUT2D eigenvalue weighted by Crippen LogP contribution is 2.20. The number of likely N-dealkylation sites (N-methyl/N-ethyl adjacent to an activating group) is 1. The van der Waals surface area contributed by atoms with Crippen molar-refractivity contribution >= 4 is 0 Å². The molecule has 1 atom stereocenters. The maximum Gasteiger partial charge on any atom is 0.0597 e. The zero-order valence-electron chi connectivity index (χ0n) is 11.6. The normalized spacial score (nSPS) is 25.6. The number of aryl methyl sites for hydroxylation is 1. The molecule has 0 N–H and O–H groups in total. The highest BCUT2D eigenvalue weighted by molar-refractivity contribution is 5.10. The van der Waals surface area contributed by atoms with Crippen LogP contribution < -0.4 is 0 Å². The van der Waals surface area contributed by atoms with Gasteiger partial charge in [-0.05, 0) is 38.9 Å². The van der Waals surface area contributed by atoms with E-state index in [0.29, 0.717) is 0 Å². The number of likely N-dealkylation sites (tertiary alicyclic amines) is 1. The molecule has 0 bridgehead atoms. The van der Waals surface area contributed by atoms with Gasteiger partial charge < -0.3 is 0 Å². The summed E-state index contributed by atoms with van der Waals surface area (Å²) in [5, 5.41) is 4.53. The first-order valence-corrected chi connectivity index (χ1v) is 7.26. The first-order chi connectivity index (χ1) is 8.76. The van der Waals surface area contributed by atoms with E-state index in [4.69, 9.17) is 0 Å². The first-order valence-electron chi connectivity index (χ1n) is 7.26. The third-order valence-electron chi connectivity index (χ3n) is 4.37. The van der Waals surface area contributed by atoms with Gasteiger partial charge in [0.2, 0.25) is 0 Å². The Balaban J connectivity index is 1.62. The molecule has 0 saturated carbocycles. The summed E-state index contributed by atoms with van der Waals surface area (Å²) < 4.78 is 2.18. The molecule has 3 heterocycles. The van der Waals surface area contributed by atoms with Crippen LogP contribution in [0.2, 0.25) is 0 Å². The summed E-state index contributed by atoms with van der Waals surface area (Å²) >= 11 is 0. The van der Waals surface area contributed by atoms with E-state index in [0.717, 1.165) is 31.4 Å². The summed E-state index contributed by atoms with van der Waals surface area (Å²) in [6, 6.07) is 3.02. The number of hydrogen-bond donors (Lipinski definition) is 0. The number of hydrogen-bond acceptors (Lipinski definition) is 3. The fourth-order valence-electron chi connectivity index (χ4n) is 3.44. The molecule has 0 amide bonds. The molecule has 0 radical (unpaired) electrons. The first kappa shape index (κ1) is 12.2. The highest BCUT2D eigenvalue weighted by Gasteiger charge is 2.26. The molecule has 4 heteroatoms. The van der Waals surface area contributed by atoms with E-state index in [1.807, 2.05) is 0 Å². The Morgan fingerprint density at radius 3 is 3.06 bits per heavy atom. The van der Waals surface area contributed by atoms with Crippen molar-refractivity contribution in [3.63, 3.8) is 0 Å². The second-order valence-electron chi connectivity index (χ2n) is 5.66. The second-order valence-corrected chi connectivity index (χ2v) is 5.66. The van der Waals surface area contributed by atoms with Crippen molar-refractivity contribution in [3.05, 3.63) is 17.5 Å². The van der Waals surface area contributed by atoms with Gasteiger partial charge in [0.25, 0.3) is 0 Å². The topological polar surface area (TPSA) is 24.3 Å². The predicted octanol–water partition coefficient (Wildman–Crippen LogP) is 1.49. The lowest BCUT2D eigenvalue weighted by atomic mass is 10.2. The Kier molecular flexibility index (Phi) is 3.39. The summed E-state index contributed by atoms with van der Waals surface area (Å²) in [5.41, 5.74) is 2.54. The Morgan fingerprint density at radius 2 is 2.22 bits per heavy atom. The van der Waals surface area contributed by atoms with E-state index in [2.05, 4.69) is 39.5 Å². The monoisotopic (exact) mass is 248 g/mol. The number of fused-ring (bicyclic) bond motifs is 1. The lowest BCUT2D eigenvalue weighted by Gasteiger charge is -2.32. The van der Waals surface area contributed by atoms with Crippen LogP contribution in [0.1, 0.15) is 31.2 Å². The van der Waals surface area contributed by atoms with Crippen molar-refractivity contribution in [2.75, 3.05) is 26.2 Å². The molecule has 1 aromatic rings. The molecule has 18 heavy (non-hydrogen) atoms. The molecule has 0 aromatic carbocycles. The smallest absolute Gasteiger partial charge is 0.0597 e. The van der Waals surface area contributed by atoms with E-state index >= 15 is 0 Å². The van der Waals surface area contributed by atoms with E-state index in [9.17, 15) is 0 Å². The Bertz CT molecular complexity index is 412. The fourth-order valence-corrected chi connectivity index (χ4v) is 3.44. The van der Waals surface area contributed by atoms with E-state index in [1.165, 1.54) is 38.2 Å².